The smallest absolute Gasteiger partial charge is 0.128 e. The van der Waals surface area contributed by atoms with Gasteiger partial charge in [-0.25, -0.2) is 4.99 Å². The Balaban J connectivity index is 0.00000112. The summed E-state index contributed by atoms with van der Waals surface area (Å²) in [6.07, 6.45) is 2.09. The Labute approximate surface area is 118 Å². The summed E-state index contributed by atoms with van der Waals surface area (Å²) in [6, 6.07) is 12.2. The molecule has 0 fully saturated rings. The van der Waals surface area contributed by atoms with Crippen LogP contribution in [0.25, 0.3) is 0 Å². The highest BCUT2D eigenvalue weighted by Gasteiger charge is 1.93. The number of para-hydroxylation sites is 1. The van der Waals surface area contributed by atoms with Crippen molar-refractivity contribution in [1.82, 2.24) is 0 Å². The fraction of sp³-hybridized carbons (Fsp3) is 0.100. The minimum Gasteiger partial charge on any atom is -0.237 e. The average molecular weight is 367 g/mol. The normalized spacial score (nSPS) is 11.1. The molecule has 0 saturated carbocycles. The number of hydrogen-bond donors (Lipinski definition) is 0. The summed E-state index contributed by atoms with van der Waals surface area (Å²) in [5.41, 5.74) is 1.02. The van der Waals surface area contributed by atoms with Crippen LogP contribution < -0.4 is 4.67 Å². The maximum Gasteiger partial charge on any atom is 0.128 e. The maximum atomic E-state index is 4.53. The Morgan fingerprint density at radius 1 is 1.13 bits per heavy atom. The molecule has 0 aliphatic carbocycles. The van der Waals surface area contributed by atoms with E-state index >= 15 is 0 Å². The van der Waals surface area contributed by atoms with Crippen molar-refractivity contribution in [3.8, 4) is 0 Å². The van der Waals surface area contributed by atoms with E-state index in [4.69, 9.17) is 0 Å². The molecule has 0 aliphatic rings. The van der Waals surface area contributed by atoms with E-state index in [1.807, 2.05) is 30.3 Å². The van der Waals surface area contributed by atoms with Crippen molar-refractivity contribution in [2.24, 2.45) is 4.99 Å². The zero-order valence-electron chi connectivity index (χ0n) is 8.04. The molecule has 1 aromatic carbocycles. The van der Waals surface area contributed by atoms with E-state index in [2.05, 4.69) is 17.3 Å². The van der Waals surface area contributed by atoms with Crippen LogP contribution in [0.5, 0.6) is 0 Å². The minimum atomic E-state index is 0. The van der Waals surface area contributed by atoms with Gasteiger partial charge >= 0.3 is 0 Å². The zero-order valence-corrected chi connectivity index (χ0v) is 12.8. The van der Waals surface area contributed by atoms with Gasteiger partial charge in [0, 0.05) is 0 Å². The summed E-state index contributed by atoms with van der Waals surface area (Å²) < 4.78 is 2.41. The second kappa shape index (κ2) is 6.67. The molecule has 0 atom stereocenters. The van der Waals surface area contributed by atoms with Gasteiger partial charge in [-0.1, -0.05) is 38.9 Å². The number of nitrogens with zero attached hydrogens (tertiary/aromatic N) is 1. The first-order valence-corrected chi connectivity index (χ1v) is 7.50. The highest BCUT2D eigenvalue weighted by Crippen LogP contribution is 2.21. The van der Waals surface area contributed by atoms with Crippen LogP contribution in [-0.4, -0.2) is 6.26 Å². The molecule has 1 heterocycles. The lowest BCUT2D eigenvalue weighted by Crippen LogP contribution is -1.87. The Kier molecular flexibility index (Phi) is 5.88. The molecule has 0 N–H and O–H groups in total. The van der Waals surface area contributed by atoms with Crippen LogP contribution in [0.3, 0.4) is 0 Å². The number of hydrogen-bond acceptors (Lipinski definition) is 4. The average Bonchev–Trinajstić information content (AvgIpc) is 2.67. The molecule has 5 heteroatoms. The SMILES string of the molecule is CSc1c/c(=N/c2ccccc2)ss1.I. The summed E-state index contributed by atoms with van der Waals surface area (Å²) in [4.78, 5) is 4.53. The van der Waals surface area contributed by atoms with Crippen LogP contribution in [0.15, 0.2) is 45.6 Å². The summed E-state index contributed by atoms with van der Waals surface area (Å²) in [7, 11) is 3.50. The predicted molar refractivity (Wildman–Crippen MR) is 81.1 cm³/mol. The molecule has 0 amide bonds. The van der Waals surface area contributed by atoms with Gasteiger partial charge in [-0.3, -0.25) is 0 Å². The van der Waals surface area contributed by atoms with Crippen molar-refractivity contribution in [3.05, 3.63) is 41.1 Å². The molecule has 0 aliphatic heterocycles. The Hall–Kier alpha value is 0.150. The van der Waals surface area contributed by atoms with Gasteiger partial charge in [-0.15, -0.1) is 35.7 Å². The first-order chi connectivity index (χ1) is 6.88. The molecule has 0 spiro atoms. The van der Waals surface area contributed by atoms with Gasteiger partial charge in [-0.2, -0.15) is 0 Å². The third-order valence-electron chi connectivity index (χ3n) is 1.65. The van der Waals surface area contributed by atoms with E-state index in [1.165, 1.54) is 4.21 Å². The molecule has 0 radical (unpaired) electrons. The summed E-state index contributed by atoms with van der Waals surface area (Å²) in [5, 5.41) is 0. The number of benzene rings is 1. The molecular weight excluding hydrogens is 357 g/mol. The van der Waals surface area contributed by atoms with Crippen LogP contribution >= 0.6 is 56.4 Å². The van der Waals surface area contributed by atoms with E-state index < -0.39 is 0 Å². The van der Waals surface area contributed by atoms with Crippen molar-refractivity contribution in [2.75, 3.05) is 6.26 Å². The molecule has 0 saturated heterocycles. The maximum absolute atomic E-state index is 4.53. The fourth-order valence-corrected chi connectivity index (χ4v) is 4.11. The van der Waals surface area contributed by atoms with Gasteiger partial charge in [-0.05, 0) is 24.5 Å². The van der Waals surface area contributed by atoms with E-state index in [1.54, 1.807) is 32.4 Å². The molecule has 2 rings (SSSR count). The third kappa shape index (κ3) is 3.90. The molecule has 0 unspecified atom stereocenters. The lowest BCUT2D eigenvalue weighted by molar-refractivity contribution is 1.40. The lowest BCUT2D eigenvalue weighted by atomic mass is 10.3. The lowest BCUT2D eigenvalue weighted by Gasteiger charge is -1.87. The third-order valence-corrected chi connectivity index (χ3v) is 5.28. The summed E-state index contributed by atoms with van der Waals surface area (Å²) >= 11 is 1.77. The van der Waals surface area contributed by atoms with Gasteiger partial charge in [0.2, 0.25) is 0 Å². The van der Waals surface area contributed by atoms with Crippen LogP contribution in [-0.2, 0) is 0 Å². The van der Waals surface area contributed by atoms with Crippen molar-refractivity contribution in [2.45, 2.75) is 4.21 Å². The largest absolute Gasteiger partial charge is 0.237 e. The van der Waals surface area contributed by atoms with Crippen LogP contribution in [0.2, 0.25) is 0 Å². The Morgan fingerprint density at radius 3 is 2.47 bits per heavy atom. The summed E-state index contributed by atoms with van der Waals surface area (Å²) in [6.45, 7) is 0. The van der Waals surface area contributed by atoms with Crippen LogP contribution in [0, 0.1) is 0 Å². The molecule has 15 heavy (non-hydrogen) atoms. The molecular formula is C10H10INS3. The van der Waals surface area contributed by atoms with Gasteiger partial charge in [0.05, 0.1) is 9.90 Å². The van der Waals surface area contributed by atoms with Crippen LogP contribution in [0.4, 0.5) is 5.69 Å². The topological polar surface area (TPSA) is 12.4 Å². The van der Waals surface area contributed by atoms with Crippen molar-refractivity contribution < 1.29 is 0 Å². The first-order valence-electron chi connectivity index (χ1n) is 4.12. The highest BCUT2D eigenvalue weighted by molar-refractivity contribution is 14.0. The Morgan fingerprint density at radius 2 is 1.87 bits per heavy atom. The number of halogens is 1. The van der Waals surface area contributed by atoms with Gasteiger partial charge in [0.1, 0.15) is 4.67 Å². The number of thioether (sulfide) groups is 1. The molecule has 0 bridgehead atoms. The van der Waals surface area contributed by atoms with Gasteiger partial charge in [0.25, 0.3) is 0 Å². The van der Waals surface area contributed by atoms with E-state index in [9.17, 15) is 0 Å². The van der Waals surface area contributed by atoms with Gasteiger partial charge in [0.15, 0.2) is 0 Å². The van der Waals surface area contributed by atoms with Crippen molar-refractivity contribution in [1.29, 1.82) is 0 Å². The standard InChI is InChI=1S/C10H9NS3.HI/c1-12-10-7-9(13-14-10)11-8-5-3-2-4-6-8;/h2-7H,1H3;1H/b11-9-;. The summed E-state index contributed by atoms with van der Waals surface area (Å²) in [5.74, 6) is 0. The van der Waals surface area contributed by atoms with Crippen molar-refractivity contribution in [3.63, 3.8) is 0 Å². The van der Waals surface area contributed by atoms with E-state index in [0.29, 0.717) is 0 Å². The van der Waals surface area contributed by atoms with Crippen LogP contribution in [0.1, 0.15) is 0 Å². The highest BCUT2D eigenvalue weighted by atomic mass is 127. The monoisotopic (exact) mass is 367 g/mol. The van der Waals surface area contributed by atoms with E-state index in [0.717, 1.165) is 10.4 Å². The first kappa shape index (κ1) is 13.2. The predicted octanol–water partition coefficient (Wildman–Crippen LogP) is 4.38. The van der Waals surface area contributed by atoms with E-state index in [-0.39, 0.29) is 24.0 Å². The van der Waals surface area contributed by atoms with Gasteiger partial charge < -0.3 is 0 Å². The zero-order chi connectivity index (χ0) is 9.80. The number of rotatable bonds is 2. The van der Waals surface area contributed by atoms with Crippen molar-refractivity contribution >= 4 is 62.1 Å². The molecule has 1 aromatic heterocycles. The Bertz CT molecular complexity index is 461. The minimum absolute atomic E-state index is 0. The molecule has 80 valence electrons. The molecule has 1 nitrogen and oxygen atoms in total. The second-order valence-corrected chi connectivity index (χ2v) is 5.92. The second-order valence-electron chi connectivity index (χ2n) is 2.62. The fourth-order valence-electron chi connectivity index (χ4n) is 1.01. The quantitative estimate of drug-likeness (QED) is 0.436. The molecule has 2 aromatic rings.